The first-order valence-corrected chi connectivity index (χ1v) is 11.4. The standard InChI is InChI=1S/C22H36N4O2/c1-16(2)14-20-23-21(28-24-20)15-25-12-9-17(10-13-25)19-6-4-3-5-11-26(19)22(27)18-7-8-18/h16-19H,3-15H2,1-2H3/t19-/m0/s1. The van der Waals surface area contributed by atoms with E-state index < -0.39 is 0 Å². The molecule has 1 aliphatic carbocycles. The number of piperidine rings is 1. The van der Waals surface area contributed by atoms with E-state index in [0.717, 1.165) is 57.2 Å². The first-order valence-electron chi connectivity index (χ1n) is 11.4. The summed E-state index contributed by atoms with van der Waals surface area (Å²) >= 11 is 0. The average molecular weight is 389 g/mol. The molecule has 3 fully saturated rings. The SMILES string of the molecule is CC(C)Cc1noc(CN2CCC([C@@H]3CCCCCN3C(=O)C3CC3)CC2)n1. The lowest BCUT2D eigenvalue weighted by Crippen LogP contribution is -2.48. The number of hydrogen-bond donors (Lipinski definition) is 0. The fraction of sp³-hybridized carbons (Fsp3) is 0.864. The highest BCUT2D eigenvalue weighted by Gasteiger charge is 2.39. The van der Waals surface area contributed by atoms with Gasteiger partial charge in [-0.05, 0) is 63.5 Å². The molecule has 1 aromatic rings. The molecule has 0 aromatic carbocycles. The normalized spacial score (nSPS) is 25.2. The van der Waals surface area contributed by atoms with Gasteiger partial charge in [0.1, 0.15) is 0 Å². The second kappa shape index (κ2) is 8.93. The van der Waals surface area contributed by atoms with Gasteiger partial charge in [0, 0.05) is 24.9 Å². The predicted molar refractivity (Wildman–Crippen MR) is 108 cm³/mol. The van der Waals surface area contributed by atoms with E-state index in [0.29, 0.717) is 29.7 Å². The summed E-state index contributed by atoms with van der Waals surface area (Å²) < 4.78 is 5.45. The van der Waals surface area contributed by atoms with Crippen LogP contribution in [0.3, 0.4) is 0 Å². The first-order chi connectivity index (χ1) is 13.6. The van der Waals surface area contributed by atoms with Gasteiger partial charge in [0.15, 0.2) is 5.82 Å². The lowest BCUT2D eigenvalue weighted by atomic mass is 9.86. The molecular formula is C22H36N4O2. The zero-order valence-corrected chi connectivity index (χ0v) is 17.6. The van der Waals surface area contributed by atoms with Gasteiger partial charge in [0.05, 0.1) is 6.54 Å². The van der Waals surface area contributed by atoms with Crippen LogP contribution in [0.1, 0.15) is 76.9 Å². The molecule has 3 heterocycles. The van der Waals surface area contributed by atoms with Crippen molar-refractivity contribution in [2.75, 3.05) is 19.6 Å². The van der Waals surface area contributed by atoms with E-state index in [1.165, 1.54) is 38.5 Å². The van der Waals surface area contributed by atoms with Gasteiger partial charge in [-0.15, -0.1) is 0 Å². The third-order valence-electron chi connectivity index (χ3n) is 6.65. The van der Waals surface area contributed by atoms with Crippen LogP contribution < -0.4 is 0 Å². The van der Waals surface area contributed by atoms with Crippen LogP contribution in [0.5, 0.6) is 0 Å². The summed E-state index contributed by atoms with van der Waals surface area (Å²) in [5, 5.41) is 4.12. The number of rotatable bonds is 6. The Morgan fingerprint density at radius 1 is 1.07 bits per heavy atom. The molecule has 2 saturated heterocycles. The molecule has 4 rings (SSSR count). The van der Waals surface area contributed by atoms with Crippen molar-refractivity contribution in [3.05, 3.63) is 11.7 Å². The van der Waals surface area contributed by atoms with Gasteiger partial charge in [-0.1, -0.05) is 31.8 Å². The Hall–Kier alpha value is -1.43. The third-order valence-corrected chi connectivity index (χ3v) is 6.65. The summed E-state index contributed by atoms with van der Waals surface area (Å²) in [6, 6.07) is 0.471. The van der Waals surface area contributed by atoms with Crippen LogP contribution >= 0.6 is 0 Å². The number of hydrogen-bond acceptors (Lipinski definition) is 5. The topological polar surface area (TPSA) is 62.5 Å². The van der Waals surface area contributed by atoms with Crippen molar-refractivity contribution < 1.29 is 9.32 Å². The number of likely N-dealkylation sites (tertiary alicyclic amines) is 2. The highest BCUT2D eigenvalue weighted by molar-refractivity contribution is 5.81. The summed E-state index contributed by atoms with van der Waals surface area (Å²) in [7, 11) is 0. The van der Waals surface area contributed by atoms with E-state index >= 15 is 0 Å². The Kier molecular flexibility index (Phi) is 6.34. The molecule has 0 spiro atoms. The number of amides is 1. The minimum Gasteiger partial charge on any atom is -0.339 e. The fourth-order valence-corrected chi connectivity index (χ4v) is 4.95. The molecule has 0 bridgehead atoms. The Morgan fingerprint density at radius 2 is 1.86 bits per heavy atom. The second-order valence-corrected chi connectivity index (χ2v) is 9.54. The molecule has 0 radical (unpaired) electrons. The van der Waals surface area contributed by atoms with Gasteiger partial charge in [0.2, 0.25) is 11.8 Å². The highest BCUT2D eigenvalue weighted by Crippen LogP contribution is 2.36. The zero-order chi connectivity index (χ0) is 19.5. The van der Waals surface area contributed by atoms with E-state index in [2.05, 4.69) is 33.8 Å². The summed E-state index contributed by atoms with van der Waals surface area (Å²) in [5.41, 5.74) is 0. The number of carbonyl (C=O) groups is 1. The Labute approximate surface area is 169 Å². The van der Waals surface area contributed by atoms with E-state index in [1.54, 1.807) is 0 Å². The maximum absolute atomic E-state index is 12.8. The molecule has 156 valence electrons. The van der Waals surface area contributed by atoms with Crippen LogP contribution in [0.4, 0.5) is 0 Å². The predicted octanol–water partition coefficient (Wildman–Crippen LogP) is 3.66. The van der Waals surface area contributed by atoms with Crippen LogP contribution in [-0.4, -0.2) is 51.5 Å². The fourth-order valence-electron chi connectivity index (χ4n) is 4.95. The van der Waals surface area contributed by atoms with E-state index in [-0.39, 0.29) is 0 Å². The second-order valence-electron chi connectivity index (χ2n) is 9.54. The van der Waals surface area contributed by atoms with Crippen LogP contribution in [0.25, 0.3) is 0 Å². The Morgan fingerprint density at radius 3 is 2.57 bits per heavy atom. The maximum atomic E-state index is 12.8. The van der Waals surface area contributed by atoms with Gasteiger partial charge in [-0.25, -0.2) is 0 Å². The minimum absolute atomic E-state index is 0.346. The first kappa shape index (κ1) is 19.9. The molecule has 28 heavy (non-hydrogen) atoms. The van der Waals surface area contributed by atoms with E-state index in [4.69, 9.17) is 4.52 Å². The van der Waals surface area contributed by atoms with Crippen molar-refractivity contribution in [2.24, 2.45) is 17.8 Å². The number of aromatic nitrogens is 2. The van der Waals surface area contributed by atoms with Crippen molar-refractivity contribution in [3.8, 4) is 0 Å². The third kappa shape index (κ3) is 4.94. The van der Waals surface area contributed by atoms with Crippen LogP contribution in [0, 0.1) is 17.8 Å². The van der Waals surface area contributed by atoms with E-state index in [1.807, 2.05) is 0 Å². The van der Waals surface area contributed by atoms with Crippen molar-refractivity contribution in [2.45, 2.75) is 84.2 Å². The van der Waals surface area contributed by atoms with Gasteiger partial charge in [-0.2, -0.15) is 4.98 Å². The highest BCUT2D eigenvalue weighted by atomic mass is 16.5. The largest absolute Gasteiger partial charge is 0.339 e. The molecule has 1 atom stereocenters. The van der Waals surface area contributed by atoms with Crippen molar-refractivity contribution in [1.29, 1.82) is 0 Å². The molecule has 1 saturated carbocycles. The minimum atomic E-state index is 0.346. The molecule has 1 amide bonds. The Bertz CT molecular complexity index is 647. The van der Waals surface area contributed by atoms with E-state index in [9.17, 15) is 4.79 Å². The molecule has 6 heteroatoms. The quantitative estimate of drug-likeness (QED) is 0.744. The average Bonchev–Trinajstić information content (AvgIpc) is 3.47. The summed E-state index contributed by atoms with van der Waals surface area (Å²) in [5.74, 6) is 3.57. The summed E-state index contributed by atoms with van der Waals surface area (Å²) in [4.78, 5) is 22.1. The zero-order valence-electron chi connectivity index (χ0n) is 17.6. The van der Waals surface area contributed by atoms with Crippen molar-refractivity contribution in [3.63, 3.8) is 0 Å². The summed E-state index contributed by atoms with van der Waals surface area (Å²) in [6.07, 6.45) is 10.4. The molecule has 0 N–H and O–H groups in total. The smallest absolute Gasteiger partial charge is 0.240 e. The van der Waals surface area contributed by atoms with Gasteiger partial charge >= 0.3 is 0 Å². The molecule has 3 aliphatic rings. The number of nitrogens with zero attached hydrogens (tertiary/aromatic N) is 4. The van der Waals surface area contributed by atoms with Crippen LogP contribution in [0.15, 0.2) is 4.52 Å². The van der Waals surface area contributed by atoms with Gasteiger partial charge in [0.25, 0.3) is 0 Å². The lowest BCUT2D eigenvalue weighted by Gasteiger charge is -2.40. The Balaban J connectivity index is 1.31. The van der Waals surface area contributed by atoms with Gasteiger partial charge < -0.3 is 9.42 Å². The number of carbonyl (C=O) groups excluding carboxylic acids is 1. The van der Waals surface area contributed by atoms with Crippen LogP contribution in [-0.2, 0) is 17.8 Å². The molecule has 0 unspecified atom stereocenters. The monoisotopic (exact) mass is 388 g/mol. The van der Waals surface area contributed by atoms with Crippen LogP contribution in [0.2, 0.25) is 0 Å². The molecular weight excluding hydrogens is 352 g/mol. The molecule has 2 aliphatic heterocycles. The van der Waals surface area contributed by atoms with Crippen molar-refractivity contribution in [1.82, 2.24) is 19.9 Å². The maximum Gasteiger partial charge on any atom is 0.240 e. The summed E-state index contributed by atoms with van der Waals surface area (Å²) in [6.45, 7) is 8.22. The van der Waals surface area contributed by atoms with Gasteiger partial charge in [-0.3, -0.25) is 9.69 Å². The molecule has 6 nitrogen and oxygen atoms in total. The van der Waals surface area contributed by atoms with Crippen molar-refractivity contribution >= 4 is 5.91 Å². The molecule has 1 aromatic heterocycles. The lowest BCUT2D eigenvalue weighted by molar-refractivity contribution is -0.136.